The Bertz CT molecular complexity index is 770. The number of carbonyl (C=O) groups is 1. The van der Waals surface area contributed by atoms with E-state index in [0.29, 0.717) is 6.04 Å². The number of piperidine rings is 1. The Morgan fingerprint density at radius 1 is 1.44 bits per heavy atom. The van der Waals surface area contributed by atoms with Crippen LogP contribution in [0.5, 0.6) is 0 Å². The average Bonchev–Trinajstić information content (AvgIpc) is 3.23. The SMILES string of the molecule is COC(=O)C1=C2NC3C(OC)=CC=CC3C23CCN2CC(C(C)O)C1CC23. The van der Waals surface area contributed by atoms with Gasteiger partial charge in [-0.3, -0.25) is 4.90 Å². The molecule has 27 heavy (non-hydrogen) atoms. The quantitative estimate of drug-likeness (QED) is 0.726. The van der Waals surface area contributed by atoms with Crippen LogP contribution >= 0.6 is 0 Å². The fourth-order valence-corrected chi connectivity index (χ4v) is 6.69. The summed E-state index contributed by atoms with van der Waals surface area (Å²) in [5, 5.41) is 14.1. The summed E-state index contributed by atoms with van der Waals surface area (Å²) >= 11 is 0. The molecule has 0 aromatic carbocycles. The summed E-state index contributed by atoms with van der Waals surface area (Å²) in [5.74, 6) is 1.02. The van der Waals surface area contributed by atoms with E-state index in [9.17, 15) is 9.90 Å². The molecule has 2 N–H and O–H groups in total. The minimum absolute atomic E-state index is 0.0338. The molecule has 2 aliphatic carbocycles. The van der Waals surface area contributed by atoms with Crippen molar-refractivity contribution in [1.82, 2.24) is 10.2 Å². The van der Waals surface area contributed by atoms with Crippen LogP contribution in [0.25, 0.3) is 0 Å². The molecule has 7 unspecified atom stereocenters. The standard InChI is InChI=1S/C21H28N2O4/c1-11(24)13-10-23-8-7-21-14-5-4-6-15(26-2)18(14)22-19(21)17(20(25)27-3)12(13)9-16(21)23/h4-6,11-14,16,18,22,24H,7-10H2,1-3H3. The van der Waals surface area contributed by atoms with Crippen molar-refractivity contribution in [2.45, 2.75) is 38.0 Å². The van der Waals surface area contributed by atoms with Crippen molar-refractivity contribution in [3.63, 3.8) is 0 Å². The predicted molar refractivity (Wildman–Crippen MR) is 99.4 cm³/mol. The van der Waals surface area contributed by atoms with Crippen LogP contribution in [0.4, 0.5) is 0 Å². The summed E-state index contributed by atoms with van der Waals surface area (Å²) in [6.07, 6.45) is 7.86. The minimum atomic E-state index is -0.456. The Kier molecular flexibility index (Phi) is 3.75. The first-order valence-electron chi connectivity index (χ1n) is 9.97. The number of esters is 1. The molecule has 6 heteroatoms. The van der Waals surface area contributed by atoms with E-state index in [-0.39, 0.29) is 35.2 Å². The van der Waals surface area contributed by atoms with Crippen molar-refractivity contribution < 1.29 is 19.4 Å². The van der Waals surface area contributed by atoms with Crippen molar-refractivity contribution in [2.24, 2.45) is 23.2 Å². The van der Waals surface area contributed by atoms with Gasteiger partial charge in [0.25, 0.3) is 0 Å². The first-order valence-corrected chi connectivity index (χ1v) is 9.97. The number of aliphatic hydroxyl groups is 1. The number of allylic oxidation sites excluding steroid dienone is 2. The Labute approximate surface area is 159 Å². The van der Waals surface area contributed by atoms with Gasteiger partial charge in [-0.2, -0.15) is 0 Å². The van der Waals surface area contributed by atoms with E-state index in [1.807, 2.05) is 13.0 Å². The second-order valence-electron chi connectivity index (χ2n) is 8.63. The van der Waals surface area contributed by atoms with E-state index >= 15 is 0 Å². The third kappa shape index (κ3) is 2.06. The van der Waals surface area contributed by atoms with Crippen molar-refractivity contribution in [3.8, 4) is 0 Å². The average molecular weight is 372 g/mol. The number of nitrogens with zero attached hydrogens (tertiary/aromatic N) is 1. The Morgan fingerprint density at radius 2 is 2.26 bits per heavy atom. The lowest BCUT2D eigenvalue weighted by atomic mass is 9.57. The molecular formula is C21H28N2O4. The first-order chi connectivity index (χ1) is 13.0. The third-order valence-electron chi connectivity index (χ3n) is 7.79. The van der Waals surface area contributed by atoms with E-state index in [4.69, 9.17) is 9.47 Å². The monoisotopic (exact) mass is 372 g/mol. The second-order valence-corrected chi connectivity index (χ2v) is 8.63. The maximum atomic E-state index is 12.9. The zero-order chi connectivity index (χ0) is 18.9. The lowest BCUT2D eigenvalue weighted by Gasteiger charge is -2.52. The van der Waals surface area contributed by atoms with Gasteiger partial charge in [0.15, 0.2) is 0 Å². The molecule has 3 aliphatic heterocycles. The van der Waals surface area contributed by atoms with Gasteiger partial charge in [-0.25, -0.2) is 4.79 Å². The number of hydrogen-bond donors (Lipinski definition) is 2. The normalized spacial score (nSPS) is 42.8. The lowest BCUT2D eigenvalue weighted by molar-refractivity contribution is -0.138. The fourth-order valence-electron chi connectivity index (χ4n) is 6.69. The third-order valence-corrected chi connectivity index (χ3v) is 7.79. The van der Waals surface area contributed by atoms with E-state index in [2.05, 4.69) is 22.4 Å². The summed E-state index contributed by atoms with van der Waals surface area (Å²) in [7, 11) is 3.17. The van der Waals surface area contributed by atoms with E-state index in [1.54, 1.807) is 7.11 Å². The molecule has 5 aliphatic rings. The summed E-state index contributed by atoms with van der Waals surface area (Å²) in [4.78, 5) is 15.5. The van der Waals surface area contributed by atoms with Gasteiger partial charge in [-0.15, -0.1) is 0 Å². The topological polar surface area (TPSA) is 71.0 Å². The molecule has 0 aromatic rings. The summed E-state index contributed by atoms with van der Waals surface area (Å²) in [6, 6.07) is 0.447. The second kappa shape index (κ2) is 5.85. The molecule has 7 atom stereocenters. The predicted octanol–water partition coefficient (Wildman–Crippen LogP) is 1.19. The van der Waals surface area contributed by atoms with Crippen molar-refractivity contribution in [2.75, 3.05) is 27.3 Å². The molecule has 5 rings (SSSR count). The molecule has 2 bridgehead atoms. The van der Waals surface area contributed by atoms with Gasteiger partial charge < -0.3 is 19.9 Å². The zero-order valence-electron chi connectivity index (χ0n) is 16.1. The highest BCUT2D eigenvalue weighted by Gasteiger charge is 2.67. The van der Waals surface area contributed by atoms with Gasteiger partial charge in [0.1, 0.15) is 5.76 Å². The number of fused-ring (bicyclic) bond motifs is 2. The van der Waals surface area contributed by atoms with Gasteiger partial charge in [0, 0.05) is 41.5 Å². The molecule has 0 radical (unpaired) electrons. The van der Waals surface area contributed by atoms with E-state index < -0.39 is 6.10 Å². The van der Waals surface area contributed by atoms with E-state index in [0.717, 1.165) is 43.0 Å². The largest absolute Gasteiger partial charge is 0.499 e. The van der Waals surface area contributed by atoms with Crippen molar-refractivity contribution >= 4 is 5.97 Å². The lowest BCUT2D eigenvalue weighted by Crippen LogP contribution is -2.57. The van der Waals surface area contributed by atoms with Gasteiger partial charge in [0.2, 0.25) is 0 Å². The molecule has 3 heterocycles. The molecule has 146 valence electrons. The molecule has 0 amide bonds. The number of aliphatic hydroxyl groups excluding tert-OH is 1. The van der Waals surface area contributed by atoms with Gasteiger partial charge >= 0.3 is 5.97 Å². The van der Waals surface area contributed by atoms with Gasteiger partial charge in [-0.05, 0) is 32.4 Å². The minimum Gasteiger partial charge on any atom is -0.499 e. The molecule has 0 saturated carbocycles. The molecule has 6 nitrogen and oxygen atoms in total. The van der Waals surface area contributed by atoms with Crippen molar-refractivity contribution in [3.05, 3.63) is 35.3 Å². The molecule has 0 aromatic heterocycles. The van der Waals surface area contributed by atoms with Crippen molar-refractivity contribution in [1.29, 1.82) is 0 Å². The Morgan fingerprint density at radius 3 is 2.96 bits per heavy atom. The highest BCUT2D eigenvalue weighted by atomic mass is 16.5. The first kappa shape index (κ1) is 17.3. The summed E-state index contributed by atoms with van der Waals surface area (Å²) in [5.41, 5.74) is 1.72. The molecule has 3 saturated heterocycles. The molecule has 3 fully saturated rings. The number of nitrogens with one attached hydrogen (secondary N) is 1. The summed E-state index contributed by atoms with van der Waals surface area (Å²) < 4.78 is 10.9. The number of rotatable bonds is 3. The van der Waals surface area contributed by atoms with Crippen LogP contribution in [0.1, 0.15) is 19.8 Å². The van der Waals surface area contributed by atoms with Crippen LogP contribution in [0, 0.1) is 23.2 Å². The maximum absolute atomic E-state index is 12.9. The molecule has 1 spiro atoms. The smallest absolute Gasteiger partial charge is 0.335 e. The van der Waals surface area contributed by atoms with Crippen LogP contribution in [-0.2, 0) is 14.3 Å². The number of carbonyl (C=O) groups excluding carboxylic acids is 1. The highest BCUT2D eigenvalue weighted by molar-refractivity contribution is 5.91. The van der Waals surface area contributed by atoms with E-state index in [1.165, 1.54) is 7.11 Å². The Hall–Kier alpha value is -1.79. The van der Waals surface area contributed by atoms with Crippen LogP contribution in [0.2, 0.25) is 0 Å². The van der Waals surface area contributed by atoms with Crippen LogP contribution < -0.4 is 5.32 Å². The Balaban J connectivity index is 1.72. The number of hydrogen-bond acceptors (Lipinski definition) is 6. The van der Waals surface area contributed by atoms with Gasteiger partial charge in [-0.1, -0.05) is 12.2 Å². The van der Waals surface area contributed by atoms with Crippen LogP contribution in [-0.4, -0.2) is 61.5 Å². The van der Waals surface area contributed by atoms with Crippen LogP contribution in [0.3, 0.4) is 0 Å². The fraction of sp³-hybridized carbons (Fsp3) is 0.667. The highest BCUT2D eigenvalue weighted by Crippen LogP contribution is 2.63. The number of methoxy groups -OCH3 is 2. The zero-order valence-corrected chi connectivity index (χ0v) is 16.1. The van der Waals surface area contributed by atoms with Crippen LogP contribution in [0.15, 0.2) is 35.3 Å². The summed E-state index contributed by atoms with van der Waals surface area (Å²) in [6.45, 7) is 3.69. The number of ether oxygens (including phenoxy) is 2. The maximum Gasteiger partial charge on any atom is 0.335 e. The molecular weight excluding hydrogens is 344 g/mol. The van der Waals surface area contributed by atoms with Gasteiger partial charge in [0.05, 0.1) is 31.9 Å².